The predicted molar refractivity (Wildman–Crippen MR) is 63.8 cm³/mol. The van der Waals surface area contributed by atoms with Crippen LogP contribution in [0.25, 0.3) is 10.1 Å². The molecule has 0 saturated carbocycles. The van der Waals surface area contributed by atoms with Gasteiger partial charge >= 0.3 is 0 Å². The van der Waals surface area contributed by atoms with Gasteiger partial charge in [-0.05, 0) is 40.0 Å². The number of fused-ring (bicyclic) bond motifs is 1. The second kappa shape index (κ2) is 3.60. The fourth-order valence-electron chi connectivity index (χ4n) is 1.47. The summed E-state index contributed by atoms with van der Waals surface area (Å²) in [6, 6.07) is 6.28. The summed E-state index contributed by atoms with van der Waals surface area (Å²) in [6.45, 7) is 2.12. The molecule has 0 saturated heterocycles. The van der Waals surface area contributed by atoms with Crippen LogP contribution in [0.4, 0.5) is 0 Å². The number of halogens is 2. The number of hydrogen-bond acceptors (Lipinski definition) is 1. The minimum absolute atomic E-state index is 0.585. The number of rotatable bonds is 1. The molecule has 0 aliphatic carbocycles. The van der Waals surface area contributed by atoms with Gasteiger partial charge in [0.2, 0.25) is 0 Å². The van der Waals surface area contributed by atoms with E-state index < -0.39 is 0 Å². The molecule has 0 spiro atoms. The third kappa shape index (κ3) is 1.51. The molecule has 68 valence electrons. The Morgan fingerprint density at radius 1 is 1.46 bits per heavy atom. The van der Waals surface area contributed by atoms with E-state index >= 15 is 0 Å². The van der Waals surface area contributed by atoms with Crippen molar-refractivity contribution in [2.45, 2.75) is 12.8 Å². The van der Waals surface area contributed by atoms with E-state index in [1.165, 1.54) is 25.0 Å². The lowest BCUT2D eigenvalue weighted by molar-refractivity contribution is 1.43. The number of hydrogen-bond donors (Lipinski definition) is 0. The molecule has 1 aromatic heterocycles. The molecule has 0 aliphatic rings. The van der Waals surface area contributed by atoms with Gasteiger partial charge in [0.25, 0.3) is 0 Å². The molecule has 0 atom stereocenters. The molecule has 0 unspecified atom stereocenters. The third-order valence-corrected chi connectivity index (χ3v) is 4.54. The Morgan fingerprint density at radius 3 is 2.92 bits per heavy atom. The molecular weight excluding hydrogens is 268 g/mol. The van der Waals surface area contributed by atoms with Gasteiger partial charge in [-0.25, -0.2) is 0 Å². The quantitative estimate of drug-likeness (QED) is 0.661. The van der Waals surface area contributed by atoms with Crippen molar-refractivity contribution in [2.24, 2.45) is 0 Å². The molecule has 0 N–H and O–H groups in total. The normalized spacial score (nSPS) is 11.0. The van der Waals surface area contributed by atoms with Gasteiger partial charge in [0.05, 0.1) is 3.79 Å². The van der Waals surface area contributed by atoms with E-state index in [0.29, 0.717) is 5.88 Å². The minimum Gasteiger partial charge on any atom is -0.128 e. The highest BCUT2D eigenvalue weighted by atomic mass is 79.9. The fraction of sp³-hybridized carbons (Fsp3) is 0.200. The van der Waals surface area contributed by atoms with Crippen molar-refractivity contribution in [3.8, 4) is 0 Å². The summed E-state index contributed by atoms with van der Waals surface area (Å²) >= 11 is 11.2. The van der Waals surface area contributed by atoms with Gasteiger partial charge in [0.1, 0.15) is 0 Å². The summed E-state index contributed by atoms with van der Waals surface area (Å²) in [5.41, 5.74) is 2.52. The standard InChI is InChI=1S/C10H8BrClS/c1-6-9-7(5-12)3-2-4-8(9)13-10(6)11/h2-4H,5H2,1H3. The maximum Gasteiger partial charge on any atom is 0.0740 e. The molecule has 2 rings (SSSR count). The Bertz CT molecular complexity index is 447. The van der Waals surface area contributed by atoms with Crippen LogP contribution < -0.4 is 0 Å². The maximum absolute atomic E-state index is 5.88. The maximum atomic E-state index is 5.88. The van der Waals surface area contributed by atoms with Crippen molar-refractivity contribution < 1.29 is 0 Å². The highest BCUT2D eigenvalue weighted by Gasteiger charge is 2.08. The Labute approximate surface area is 94.7 Å². The van der Waals surface area contributed by atoms with Crippen LogP contribution >= 0.6 is 38.9 Å². The van der Waals surface area contributed by atoms with E-state index in [1.54, 1.807) is 11.3 Å². The first-order valence-corrected chi connectivity index (χ1v) is 6.11. The first-order valence-electron chi connectivity index (χ1n) is 3.96. The van der Waals surface area contributed by atoms with E-state index in [0.717, 1.165) is 0 Å². The molecule has 0 amide bonds. The summed E-state index contributed by atoms with van der Waals surface area (Å²) in [7, 11) is 0. The van der Waals surface area contributed by atoms with Crippen LogP contribution in [0, 0.1) is 6.92 Å². The van der Waals surface area contributed by atoms with Crippen LogP contribution in [0.3, 0.4) is 0 Å². The van der Waals surface area contributed by atoms with Crippen molar-refractivity contribution in [3.63, 3.8) is 0 Å². The van der Waals surface area contributed by atoms with Crippen molar-refractivity contribution in [3.05, 3.63) is 33.1 Å². The minimum atomic E-state index is 0.585. The van der Waals surface area contributed by atoms with Gasteiger partial charge in [-0.1, -0.05) is 12.1 Å². The van der Waals surface area contributed by atoms with Crippen LogP contribution in [-0.2, 0) is 5.88 Å². The second-order valence-electron chi connectivity index (χ2n) is 2.92. The average molecular weight is 276 g/mol. The Morgan fingerprint density at radius 2 is 2.23 bits per heavy atom. The number of thiophene rings is 1. The number of aryl methyl sites for hydroxylation is 1. The summed E-state index contributed by atoms with van der Waals surface area (Å²) < 4.78 is 2.52. The lowest BCUT2D eigenvalue weighted by Crippen LogP contribution is -1.79. The molecule has 2 aromatic rings. The molecule has 3 heteroatoms. The summed E-state index contributed by atoms with van der Waals surface area (Å²) in [6.07, 6.45) is 0. The second-order valence-corrected chi connectivity index (χ2v) is 5.56. The zero-order chi connectivity index (χ0) is 9.42. The fourth-order valence-corrected chi connectivity index (χ4v) is 3.40. The smallest absolute Gasteiger partial charge is 0.0740 e. The van der Waals surface area contributed by atoms with Gasteiger partial charge < -0.3 is 0 Å². The summed E-state index contributed by atoms with van der Waals surface area (Å²) in [5.74, 6) is 0.585. The van der Waals surface area contributed by atoms with Crippen LogP contribution in [0.1, 0.15) is 11.1 Å². The molecule has 0 fully saturated rings. The monoisotopic (exact) mass is 274 g/mol. The highest BCUT2D eigenvalue weighted by molar-refractivity contribution is 9.11. The molecule has 0 nitrogen and oxygen atoms in total. The molecular formula is C10H8BrClS. The van der Waals surface area contributed by atoms with E-state index in [4.69, 9.17) is 11.6 Å². The predicted octanol–water partition coefficient (Wildman–Crippen LogP) is 4.71. The van der Waals surface area contributed by atoms with Gasteiger partial charge in [0.15, 0.2) is 0 Å². The zero-order valence-corrected chi connectivity index (χ0v) is 10.3. The van der Waals surface area contributed by atoms with E-state index in [9.17, 15) is 0 Å². The molecule has 0 aliphatic heterocycles. The van der Waals surface area contributed by atoms with Crippen LogP contribution in [0.5, 0.6) is 0 Å². The third-order valence-electron chi connectivity index (χ3n) is 2.13. The van der Waals surface area contributed by atoms with Crippen LogP contribution in [0.15, 0.2) is 22.0 Å². The van der Waals surface area contributed by atoms with Gasteiger partial charge in [-0.3, -0.25) is 0 Å². The van der Waals surface area contributed by atoms with Gasteiger partial charge in [-0.15, -0.1) is 22.9 Å². The summed E-state index contributed by atoms with van der Waals surface area (Å²) in [4.78, 5) is 0. The molecule has 0 radical (unpaired) electrons. The lowest BCUT2D eigenvalue weighted by Gasteiger charge is -1.98. The van der Waals surface area contributed by atoms with E-state index in [-0.39, 0.29) is 0 Å². The molecule has 1 heterocycles. The Balaban J connectivity index is 2.87. The van der Waals surface area contributed by atoms with Crippen molar-refractivity contribution >= 4 is 49.0 Å². The SMILES string of the molecule is Cc1c(Br)sc2cccc(CCl)c12. The largest absolute Gasteiger partial charge is 0.128 e. The molecule has 13 heavy (non-hydrogen) atoms. The van der Waals surface area contributed by atoms with E-state index in [1.807, 2.05) is 0 Å². The van der Waals surface area contributed by atoms with Crippen LogP contribution in [0.2, 0.25) is 0 Å². The van der Waals surface area contributed by atoms with Crippen LogP contribution in [-0.4, -0.2) is 0 Å². The average Bonchev–Trinajstić information content (AvgIpc) is 2.43. The first kappa shape index (κ1) is 9.50. The summed E-state index contributed by atoms with van der Waals surface area (Å²) in [5, 5.41) is 1.31. The molecule has 1 aromatic carbocycles. The number of alkyl halides is 1. The lowest BCUT2D eigenvalue weighted by atomic mass is 10.1. The van der Waals surface area contributed by atoms with Gasteiger partial charge in [0, 0.05) is 16.0 Å². The topological polar surface area (TPSA) is 0 Å². The number of benzene rings is 1. The molecule has 0 bridgehead atoms. The van der Waals surface area contributed by atoms with Crippen molar-refractivity contribution in [1.82, 2.24) is 0 Å². The van der Waals surface area contributed by atoms with Gasteiger partial charge in [-0.2, -0.15) is 0 Å². The van der Waals surface area contributed by atoms with E-state index in [2.05, 4.69) is 41.1 Å². The Kier molecular flexibility index (Phi) is 2.63. The van der Waals surface area contributed by atoms with Crippen molar-refractivity contribution in [2.75, 3.05) is 0 Å². The van der Waals surface area contributed by atoms with Crippen molar-refractivity contribution in [1.29, 1.82) is 0 Å². The highest BCUT2D eigenvalue weighted by Crippen LogP contribution is 2.36. The first-order chi connectivity index (χ1) is 6.24. The Hall–Kier alpha value is -0.0500. The zero-order valence-electron chi connectivity index (χ0n) is 7.10.